The molecule has 0 spiro atoms. The Kier molecular flexibility index (Phi) is 7.50. The minimum absolute atomic E-state index is 0.179. The van der Waals surface area contributed by atoms with Crippen LogP contribution in [0.1, 0.15) is 41.0 Å². The van der Waals surface area contributed by atoms with E-state index in [1.54, 1.807) is 18.2 Å². The number of ether oxygens (including phenoxy) is 1. The second-order valence-electron chi connectivity index (χ2n) is 8.71. The quantitative estimate of drug-likeness (QED) is 0.397. The third-order valence-corrected chi connectivity index (χ3v) is 5.55. The third-order valence-electron chi connectivity index (χ3n) is 5.55. The Morgan fingerprint density at radius 2 is 1.53 bits per heavy atom. The molecule has 6 nitrogen and oxygen atoms in total. The Morgan fingerprint density at radius 1 is 0.882 bits per heavy atom. The van der Waals surface area contributed by atoms with Crippen molar-refractivity contribution < 1.29 is 9.53 Å². The minimum Gasteiger partial charge on any atom is -0.372 e. The highest BCUT2D eigenvalue weighted by Gasteiger charge is 2.17. The monoisotopic (exact) mass is 455 g/mol. The molecule has 0 unspecified atom stereocenters. The van der Waals surface area contributed by atoms with Gasteiger partial charge in [0.1, 0.15) is 0 Å². The highest BCUT2D eigenvalue weighted by atomic mass is 16.5. The van der Waals surface area contributed by atoms with Crippen LogP contribution in [0, 0.1) is 5.92 Å². The van der Waals surface area contributed by atoms with Crippen LogP contribution in [0.5, 0.6) is 0 Å². The van der Waals surface area contributed by atoms with Crippen LogP contribution >= 0.6 is 0 Å². The summed E-state index contributed by atoms with van der Waals surface area (Å²) in [7, 11) is 0. The van der Waals surface area contributed by atoms with Gasteiger partial charge in [-0.15, -0.1) is 0 Å². The lowest BCUT2D eigenvalue weighted by molar-refractivity contribution is 0.0942. The van der Waals surface area contributed by atoms with E-state index in [0.29, 0.717) is 37.1 Å². The zero-order valence-corrected chi connectivity index (χ0v) is 19.5. The number of amides is 1. The number of rotatable bonds is 9. The predicted molar refractivity (Wildman–Crippen MR) is 133 cm³/mol. The van der Waals surface area contributed by atoms with Crippen molar-refractivity contribution in [2.45, 2.75) is 40.2 Å². The highest BCUT2D eigenvalue weighted by Crippen LogP contribution is 2.15. The van der Waals surface area contributed by atoms with Gasteiger partial charge in [0.05, 0.1) is 18.6 Å². The van der Waals surface area contributed by atoms with Crippen LogP contribution in [0.25, 0.3) is 10.8 Å². The summed E-state index contributed by atoms with van der Waals surface area (Å²) in [6, 6.07) is 25.0. The van der Waals surface area contributed by atoms with Crippen molar-refractivity contribution in [3.63, 3.8) is 0 Å². The number of benzene rings is 3. The zero-order chi connectivity index (χ0) is 23.9. The number of fused-ring (bicyclic) bond motifs is 1. The molecule has 1 N–H and O–H groups in total. The largest absolute Gasteiger partial charge is 0.372 e. The second kappa shape index (κ2) is 10.9. The maximum absolute atomic E-state index is 13.2. The van der Waals surface area contributed by atoms with Crippen LogP contribution in [0.2, 0.25) is 0 Å². The summed E-state index contributed by atoms with van der Waals surface area (Å²) in [5, 5.41) is 8.47. The molecule has 1 heterocycles. The summed E-state index contributed by atoms with van der Waals surface area (Å²) >= 11 is 0. The Bertz CT molecular complexity index is 1330. The van der Waals surface area contributed by atoms with Crippen LogP contribution in [0.3, 0.4) is 0 Å². The molecule has 3 aromatic carbocycles. The minimum atomic E-state index is -0.311. The Hall–Kier alpha value is -3.77. The first-order valence-corrected chi connectivity index (χ1v) is 11.5. The van der Waals surface area contributed by atoms with Gasteiger partial charge in [0.2, 0.25) is 0 Å². The predicted octanol–water partition coefficient (Wildman–Crippen LogP) is 4.70. The van der Waals surface area contributed by atoms with E-state index in [-0.39, 0.29) is 23.1 Å². The first-order chi connectivity index (χ1) is 16.5. The smallest absolute Gasteiger partial charge is 0.274 e. The molecule has 1 aromatic heterocycles. The number of hydrogen-bond acceptors (Lipinski definition) is 4. The number of carbonyl (C=O) groups excluding carboxylic acids is 1. The van der Waals surface area contributed by atoms with Gasteiger partial charge in [-0.05, 0) is 28.7 Å². The molecule has 4 rings (SSSR count). The standard InChI is InChI=1S/C28H29N3O3/c1-20(2)17-31-28(33)25-15-9-8-14-24(25)26(30-31)27(32)29-16-22-12-6-7-13-23(22)19-34-18-21-10-4-3-5-11-21/h3-15,20H,16-19H2,1-2H3,(H,29,32). The first kappa shape index (κ1) is 23.4. The molecule has 0 radical (unpaired) electrons. The highest BCUT2D eigenvalue weighted by molar-refractivity contribution is 6.04. The summed E-state index contributed by atoms with van der Waals surface area (Å²) in [5.41, 5.74) is 3.18. The van der Waals surface area contributed by atoms with Crippen molar-refractivity contribution in [2.75, 3.05) is 0 Å². The number of aromatic nitrogens is 2. The Morgan fingerprint density at radius 3 is 2.26 bits per heavy atom. The number of nitrogens with one attached hydrogen (secondary N) is 1. The lowest BCUT2D eigenvalue weighted by Gasteiger charge is -2.14. The summed E-state index contributed by atoms with van der Waals surface area (Å²) in [5.74, 6) is -0.0845. The Labute approximate surface area is 199 Å². The van der Waals surface area contributed by atoms with Crippen molar-refractivity contribution in [3.05, 3.63) is 112 Å². The molecule has 0 aliphatic rings. The van der Waals surface area contributed by atoms with Gasteiger partial charge in [0.15, 0.2) is 5.69 Å². The zero-order valence-electron chi connectivity index (χ0n) is 19.5. The average molecular weight is 456 g/mol. The van der Waals surface area contributed by atoms with E-state index in [9.17, 15) is 9.59 Å². The summed E-state index contributed by atoms with van der Waals surface area (Å²) in [4.78, 5) is 26.0. The Balaban J connectivity index is 1.50. The lowest BCUT2D eigenvalue weighted by atomic mass is 10.1. The molecule has 0 atom stereocenters. The molecule has 0 saturated heterocycles. The lowest BCUT2D eigenvalue weighted by Crippen LogP contribution is -2.31. The molecule has 0 aliphatic heterocycles. The van der Waals surface area contributed by atoms with Crippen LogP contribution < -0.4 is 10.9 Å². The second-order valence-corrected chi connectivity index (χ2v) is 8.71. The van der Waals surface area contributed by atoms with Crippen molar-refractivity contribution >= 4 is 16.7 Å². The molecule has 0 bridgehead atoms. The van der Waals surface area contributed by atoms with Crippen LogP contribution in [-0.2, 0) is 31.0 Å². The maximum atomic E-state index is 13.2. The van der Waals surface area contributed by atoms with Gasteiger partial charge in [-0.1, -0.05) is 86.6 Å². The van der Waals surface area contributed by atoms with Gasteiger partial charge in [-0.2, -0.15) is 5.10 Å². The molecule has 0 aliphatic carbocycles. The van der Waals surface area contributed by atoms with Crippen LogP contribution in [0.4, 0.5) is 0 Å². The van der Waals surface area contributed by atoms with Crippen molar-refractivity contribution in [2.24, 2.45) is 5.92 Å². The SMILES string of the molecule is CC(C)Cn1nc(C(=O)NCc2ccccc2COCc2ccccc2)c2ccccc2c1=O. The van der Waals surface area contributed by atoms with E-state index >= 15 is 0 Å². The first-order valence-electron chi connectivity index (χ1n) is 11.5. The topological polar surface area (TPSA) is 73.2 Å². The van der Waals surface area contributed by atoms with Gasteiger partial charge in [0, 0.05) is 18.5 Å². The summed E-state index contributed by atoms with van der Waals surface area (Å²) in [6.07, 6.45) is 0. The molecular formula is C28H29N3O3. The van der Waals surface area contributed by atoms with Crippen molar-refractivity contribution in [1.29, 1.82) is 0 Å². The van der Waals surface area contributed by atoms with Crippen LogP contribution in [-0.4, -0.2) is 15.7 Å². The fourth-order valence-electron chi connectivity index (χ4n) is 3.86. The van der Waals surface area contributed by atoms with E-state index < -0.39 is 0 Å². The molecule has 4 aromatic rings. The molecule has 0 fully saturated rings. The van der Waals surface area contributed by atoms with Gasteiger partial charge in [-0.3, -0.25) is 9.59 Å². The maximum Gasteiger partial charge on any atom is 0.274 e. The van der Waals surface area contributed by atoms with Gasteiger partial charge < -0.3 is 10.1 Å². The molecule has 0 saturated carbocycles. The van der Waals surface area contributed by atoms with Gasteiger partial charge in [0.25, 0.3) is 11.5 Å². The average Bonchev–Trinajstić information content (AvgIpc) is 2.85. The number of carbonyl (C=O) groups is 1. The molecule has 174 valence electrons. The molecule has 6 heteroatoms. The molecule has 1 amide bonds. The third kappa shape index (κ3) is 5.58. The molecule has 34 heavy (non-hydrogen) atoms. The van der Waals surface area contributed by atoms with Crippen molar-refractivity contribution in [3.8, 4) is 0 Å². The van der Waals surface area contributed by atoms with E-state index in [4.69, 9.17) is 4.74 Å². The van der Waals surface area contributed by atoms with Gasteiger partial charge >= 0.3 is 0 Å². The van der Waals surface area contributed by atoms with E-state index in [2.05, 4.69) is 10.4 Å². The van der Waals surface area contributed by atoms with E-state index in [1.807, 2.05) is 74.5 Å². The van der Waals surface area contributed by atoms with Crippen molar-refractivity contribution in [1.82, 2.24) is 15.1 Å². The fraction of sp³-hybridized carbons (Fsp3) is 0.250. The number of nitrogens with zero attached hydrogens (tertiary/aromatic N) is 2. The fourth-order valence-corrected chi connectivity index (χ4v) is 3.86. The number of hydrogen-bond donors (Lipinski definition) is 1. The van der Waals surface area contributed by atoms with Gasteiger partial charge in [-0.25, -0.2) is 4.68 Å². The van der Waals surface area contributed by atoms with E-state index in [1.165, 1.54) is 4.68 Å². The normalized spacial score (nSPS) is 11.1. The summed E-state index contributed by atoms with van der Waals surface area (Å²) in [6.45, 7) is 5.78. The van der Waals surface area contributed by atoms with Crippen LogP contribution in [0.15, 0.2) is 83.7 Å². The molecular weight excluding hydrogens is 426 g/mol. The van der Waals surface area contributed by atoms with E-state index in [0.717, 1.165) is 16.7 Å². The summed E-state index contributed by atoms with van der Waals surface area (Å²) < 4.78 is 7.29.